The van der Waals surface area contributed by atoms with Crippen LogP contribution >= 0.6 is 0 Å². The number of rotatable bonds is 3. The van der Waals surface area contributed by atoms with Crippen LogP contribution in [-0.2, 0) is 6.54 Å². The number of hydrogen-bond acceptors (Lipinski definition) is 4. The minimum atomic E-state index is -0.222. The van der Waals surface area contributed by atoms with Gasteiger partial charge < -0.3 is 14.8 Å². The first-order valence-corrected chi connectivity index (χ1v) is 9.20. The van der Waals surface area contributed by atoms with Gasteiger partial charge in [0.25, 0.3) is 5.91 Å². The summed E-state index contributed by atoms with van der Waals surface area (Å²) >= 11 is 0. The van der Waals surface area contributed by atoms with Gasteiger partial charge in [-0.1, -0.05) is 60.7 Å². The van der Waals surface area contributed by atoms with Crippen molar-refractivity contribution in [3.63, 3.8) is 0 Å². The van der Waals surface area contributed by atoms with Gasteiger partial charge in [0.15, 0.2) is 5.49 Å². The van der Waals surface area contributed by atoms with Crippen LogP contribution in [0.25, 0.3) is 11.1 Å². The highest BCUT2D eigenvalue weighted by molar-refractivity contribution is 6.03. The quantitative estimate of drug-likeness (QED) is 0.690. The second-order valence-corrected chi connectivity index (χ2v) is 6.72. The fourth-order valence-electron chi connectivity index (χ4n) is 3.42. The maximum atomic E-state index is 13.5. The lowest BCUT2D eigenvalue weighted by molar-refractivity contribution is 0.0670. The van der Waals surface area contributed by atoms with E-state index >= 15 is 0 Å². The molecule has 0 spiro atoms. The number of pyridine rings is 1. The molecule has 1 aliphatic rings. The van der Waals surface area contributed by atoms with E-state index in [1.54, 1.807) is 4.90 Å². The van der Waals surface area contributed by atoms with E-state index < -0.39 is 0 Å². The molecule has 2 aromatic carbocycles. The third kappa shape index (κ3) is 3.36. The molecule has 0 saturated carbocycles. The van der Waals surface area contributed by atoms with E-state index in [1.165, 1.54) is 6.07 Å². The fourth-order valence-corrected chi connectivity index (χ4v) is 3.42. The highest BCUT2D eigenvalue weighted by Crippen LogP contribution is 2.31. The topological polar surface area (TPSA) is 78.6 Å². The van der Waals surface area contributed by atoms with Gasteiger partial charge in [-0.15, -0.1) is 4.73 Å². The zero-order valence-corrected chi connectivity index (χ0v) is 15.3. The molecule has 4 rings (SSSR count). The van der Waals surface area contributed by atoms with Crippen LogP contribution in [0.2, 0.25) is 0 Å². The predicted octanol–water partition coefficient (Wildman–Crippen LogP) is 3.30. The zero-order valence-electron chi connectivity index (χ0n) is 15.3. The normalized spacial score (nSPS) is 14.0. The van der Waals surface area contributed by atoms with Gasteiger partial charge in [0.05, 0.1) is 6.61 Å². The summed E-state index contributed by atoms with van der Waals surface area (Å²) in [7, 11) is 0. The smallest absolute Gasteiger partial charge is 0.260 e. The standard InChI is InChI=1S/C22H21N3O3/c23-19-14-18(17-10-5-2-6-11-17)20-21(26)24(15-16-8-3-1-4-9-16)12-7-13-28-22(20)25(19)27/h1-6,8-11,14,23,27H,7,12-13,15H2. The Balaban J connectivity index is 1.85. The van der Waals surface area contributed by atoms with E-state index in [2.05, 4.69) is 0 Å². The van der Waals surface area contributed by atoms with Crippen molar-refractivity contribution >= 4 is 5.91 Å². The number of aromatic nitrogens is 1. The SMILES string of the molecule is N=c1cc(-c2ccccc2)c2c(n1O)OCCCN(Cc1ccccc1)C2=O. The largest absolute Gasteiger partial charge is 0.476 e. The van der Waals surface area contributed by atoms with Gasteiger partial charge in [0.2, 0.25) is 5.88 Å². The second kappa shape index (κ2) is 7.60. The molecule has 3 aromatic rings. The number of nitrogens with one attached hydrogen (secondary N) is 1. The van der Waals surface area contributed by atoms with Gasteiger partial charge in [-0.25, -0.2) is 0 Å². The van der Waals surface area contributed by atoms with Crippen molar-refractivity contribution in [3.8, 4) is 17.0 Å². The van der Waals surface area contributed by atoms with Crippen LogP contribution in [0.1, 0.15) is 22.3 Å². The van der Waals surface area contributed by atoms with Crippen LogP contribution in [0.3, 0.4) is 0 Å². The first kappa shape index (κ1) is 17.9. The van der Waals surface area contributed by atoms with E-state index in [4.69, 9.17) is 10.1 Å². The molecule has 0 fully saturated rings. The number of hydrogen-bond donors (Lipinski definition) is 2. The van der Waals surface area contributed by atoms with Crippen molar-refractivity contribution in [2.45, 2.75) is 13.0 Å². The van der Waals surface area contributed by atoms with E-state index in [1.807, 2.05) is 60.7 Å². The van der Waals surface area contributed by atoms with E-state index in [0.717, 1.165) is 11.1 Å². The second-order valence-electron chi connectivity index (χ2n) is 6.72. The summed E-state index contributed by atoms with van der Waals surface area (Å²) in [5.41, 5.74) is 2.55. The van der Waals surface area contributed by atoms with Gasteiger partial charge in [-0.05, 0) is 23.6 Å². The van der Waals surface area contributed by atoms with Crippen LogP contribution in [-0.4, -0.2) is 33.9 Å². The highest BCUT2D eigenvalue weighted by atomic mass is 16.5. The maximum absolute atomic E-state index is 13.5. The molecule has 1 aliphatic heterocycles. The van der Waals surface area contributed by atoms with Crippen LogP contribution in [0.15, 0.2) is 66.7 Å². The van der Waals surface area contributed by atoms with Crippen LogP contribution in [0.5, 0.6) is 5.88 Å². The molecule has 2 N–H and O–H groups in total. The van der Waals surface area contributed by atoms with Crippen LogP contribution in [0.4, 0.5) is 0 Å². The Bertz CT molecular complexity index is 1050. The van der Waals surface area contributed by atoms with E-state index in [9.17, 15) is 10.0 Å². The molecule has 2 heterocycles. The van der Waals surface area contributed by atoms with Crippen molar-refractivity contribution in [2.24, 2.45) is 0 Å². The lowest BCUT2D eigenvalue weighted by atomic mass is 9.99. The average molecular weight is 375 g/mol. The number of benzene rings is 2. The number of nitrogens with zero attached hydrogens (tertiary/aromatic N) is 2. The molecule has 0 radical (unpaired) electrons. The molecule has 0 atom stereocenters. The van der Waals surface area contributed by atoms with Gasteiger partial charge >= 0.3 is 0 Å². The monoisotopic (exact) mass is 375 g/mol. The Labute approximate surface area is 162 Å². The number of carbonyl (C=O) groups is 1. The lowest BCUT2D eigenvalue weighted by Gasteiger charge is -2.28. The van der Waals surface area contributed by atoms with Gasteiger partial charge in [-0.2, -0.15) is 0 Å². The Morgan fingerprint density at radius 3 is 2.43 bits per heavy atom. The Kier molecular flexibility index (Phi) is 4.85. The fraction of sp³-hybridized carbons (Fsp3) is 0.182. The van der Waals surface area contributed by atoms with E-state index in [0.29, 0.717) is 36.4 Å². The molecule has 6 heteroatoms. The van der Waals surface area contributed by atoms with Gasteiger partial charge in [-0.3, -0.25) is 10.2 Å². The molecular formula is C22H21N3O3. The molecule has 28 heavy (non-hydrogen) atoms. The number of carbonyl (C=O) groups excluding carboxylic acids is 1. The molecule has 1 amide bonds. The molecule has 0 unspecified atom stereocenters. The van der Waals surface area contributed by atoms with Gasteiger partial charge in [0.1, 0.15) is 5.56 Å². The van der Waals surface area contributed by atoms with Crippen molar-refractivity contribution < 1.29 is 14.7 Å². The first-order valence-electron chi connectivity index (χ1n) is 9.20. The molecular weight excluding hydrogens is 354 g/mol. The third-order valence-corrected chi connectivity index (χ3v) is 4.80. The van der Waals surface area contributed by atoms with Crippen molar-refractivity contribution in [3.05, 3.63) is 83.3 Å². The molecule has 0 bridgehead atoms. The molecule has 142 valence electrons. The highest BCUT2D eigenvalue weighted by Gasteiger charge is 2.29. The van der Waals surface area contributed by atoms with Gasteiger partial charge in [0, 0.05) is 18.7 Å². The van der Waals surface area contributed by atoms with Crippen LogP contribution < -0.4 is 10.2 Å². The number of fused-ring (bicyclic) bond motifs is 1. The summed E-state index contributed by atoms with van der Waals surface area (Å²) in [6.45, 7) is 1.38. The maximum Gasteiger partial charge on any atom is 0.260 e. The summed E-state index contributed by atoms with van der Waals surface area (Å²) in [4.78, 5) is 15.3. The minimum Gasteiger partial charge on any atom is -0.476 e. The predicted molar refractivity (Wildman–Crippen MR) is 104 cm³/mol. The molecule has 1 aromatic heterocycles. The summed E-state index contributed by atoms with van der Waals surface area (Å²) < 4.78 is 6.36. The van der Waals surface area contributed by atoms with Crippen molar-refractivity contribution in [1.82, 2.24) is 9.63 Å². The lowest BCUT2D eigenvalue weighted by Crippen LogP contribution is -2.36. The molecule has 6 nitrogen and oxygen atoms in total. The van der Waals surface area contributed by atoms with Crippen molar-refractivity contribution in [1.29, 1.82) is 5.41 Å². The third-order valence-electron chi connectivity index (χ3n) is 4.80. The average Bonchev–Trinajstić information content (AvgIpc) is 2.72. The number of ether oxygens (including phenoxy) is 1. The molecule has 0 saturated heterocycles. The summed E-state index contributed by atoms with van der Waals surface area (Å²) in [6.07, 6.45) is 0.640. The summed E-state index contributed by atoms with van der Waals surface area (Å²) in [5.74, 6) is -0.200. The zero-order chi connectivity index (χ0) is 19.5. The van der Waals surface area contributed by atoms with Crippen LogP contribution in [0, 0.1) is 5.41 Å². The Morgan fingerprint density at radius 2 is 1.71 bits per heavy atom. The minimum absolute atomic E-state index is 0.0223. The number of amides is 1. The van der Waals surface area contributed by atoms with E-state index in [-0.39, 0.29) is 22.8 Å². The molecule has 0 aliphatic carbocycles. The Morgan fingerprint density at radius 1 is 1.04 bits per heavy atom. The summed E-state index contributed by atoms with van der Waals surface area (Å²) in [5, 5.41) is 18.4. The van der Waals surface area contributed by atoms with Crippen molar-refractivity contribution in [2.75, 3.05) is 13.2 Å². The summed E-state index contributed by atoms with van der Waals surface area (Å²) in [6, 6.07) is 20.7. The Hall–Kier alpha value is -3.54. The first-order chi connectivity index (χ1) is 13.6.